The number of carboxylic acid groups (broad SMARTS) is 1. The summed E-state index contributed by atoms with van der Waals surface area (Å²) < 4.78 is 38.7. The van der Waals surface area contributed by atoms with E-state index >= 15 is 0 Å². The van der Waals surface area contributed by atoms with Crippen LogP contribution in [0.1, 0.15) is 11.4 Å². The van der Waals surface area contributed by atoms with Gasteiger partial charge in [-0.05, 0) is 31.2 Å². The molecule has 176 valence electrons. The number of aryl methyl sites for hydroxylation is 2. The maximum atomic E-state index is 12.6. The summed E-state index contributed by atoms with van der Waals surface area (Å²) in [6, 6.07) is 8.53. The molecule has 2 heterocycles. The fraction of sp³-hybridized carbons (Fsp3) is 0.200. The number of nitrogens with zero attached hydrogens (tertiary/aromatic N) is 3. The van der Waals surface area contributed by atoms with E-state index in [0.717, 1.165) is 4.68 Å². The second-order valence-electron chi connectivity index (χ2n) is 6.38. The second kappa shape index (κ2) is 10.5. The molecule has 3 rings (SSSR count). The molecule has 3 aromatic rings. The zero-order valence-electron chi connectivity index (χ0n) is 17.0. The predicted octanol–water partition coefficient (Wildman–Crippen LogP) is 4.38. The molecular formula is C20H16Cl2F3N3O5. The van der Waals surface area contributed by atoms with Crippen LogP contribution in [0, 0.1) is 6.92 Å². The van der Waals surface area contributed by atoms with Crippen molar-refractivity contribution in [3.8, 4) is 22.6 Å². The van der Waals surface area contributed by atoms with E-state index in [1.165, 1.54) is 7.05 Å². The summed E-state index contributed by atoms with van der Waals surface area (Å²) in [5.74, 6) is -2.82. The van der Waals surface area contributed by atoms with Crippen LogP contribution in [0.5, 0.6) is 11.5 Å². The van der Waals surface area contributed by atoms with Gasteiger partial charge in [0.2, 0.25) is 0 Å². The van der Waals surface area contributed by atoms with Gasteiger partial charge in [0.05, 0.1) is 26.9 Å². The van der Waals surface area contributed by atoms with Gasteiger partial charge < -0.3 is 14.9 Å². The Morgan fingerprint density at radius 2 is 1.76 bits per heavy atom. The molecule has 0 saturated carbocycles. The van der Waals surface area contributed by atoms with Crippen molar-refractivity contribution in [2.45, 2.75) is 19.7 Å². The molecule has 1 aromatic carbocycles. The first kappa shape index (κ1) is 25.9. The maximum absolute atomic E-state index is 12.6. The molecule has 8 nitrogen and oxygen atoms in total. The van der Waals surface area contributed by atoms with E-state index in [1.54, 1.807) is 37.4 Å². The van der Waals surface area contributed by atoms with E-state index in [2.05, 4.69) is 10.1 Å². The van der Waals surface area contributed by atoms with Crippen molar-refractivity contribution in [2.75, 3.05) is 0 Å². The van der Waals surface area contributed by atoms with Crippen molar-refractivity contribution in [3.05, 3.63) is 68.3 Å². The van der Waals surface area contributed by atoms with Gasteiger partial charge in [0.1, 0.15) is 18.1 Å². The van der Waals surface area contributed by atoms with Crippen molar-refractivity contribution in [2.24, 2.45) is 7.05 Å². The number of aliphatic carboxylic acids is 1. The summed E-state index contributed by atoms with van der Waals surface area (Å²) in [5.41, 5.74) is 0.661. The van der Waals surface area contributed by atoms with Crippen molar-refractivity contribution < 1.29 is 32.9 Å². The molecule has 0 radical (unpaired) electrons. The van der Waals surface area contributed by atoms with Gasteiger partial charge in [0.15, 0.2) is 5.75 Å². The molecule has 2 aromatic heterocycles. The number of alkyl halides is 3. The van der Waals surface area contributed by atoms with Gasteiger partial charge in [-0.15, -0.1) is 0 Å². The molecule has 2 N–H and O–H groups in total. The van der Waals surface area contributed by atoms with E-state index in [-0.39, 0.29) is 45.0 Å². The van der Waals surface area contributed by atoms with Crippen LogP contribution in [0.4, 0.5) is 13.2 Å². The lowest BCUT2D eigenvalue weighted by atomic mass is 10.0. The zero-order chi connectivity index (χ0) is 24.9. The third kappa shape index (κ3) is 6.36. The lowest BCUT2D eigenvalue weighted by Crippen LogP contribution is -2.22. The van der Waals surface area contributed by atoms with Crippen LogP contribution in [0.2, 0.25) is 10.0 Å². The molecule has 33 heavy (non-hydrogen) atoms. The van der Waals surface area contributed by atoms with Crippen LogP contribution in [-0.2, 0) is 18.4 Å². The Kier molecular flexibility index (Phi) is 8.29. The van der Waals surface area contributed by atoms with Crippen LogP contribution < -0.4 is 10.3 Å². The average Bonchev–Trinajstić information content (AvgIpc) is 2.74. The number of aromatic nitrogens is 3. The van der Waals surface area contributed by atoms with E-state index in [9.17, 15) is 23.1 Å². The Morgan fingerprint density at radius 1 is 1.15 bits per heavy atom. The van der Waals surface area contributed by atoms with Crippen LogP contribution in [0.15, 0.2) is 41.3 Å². The summed E-state index contributed by atoms with van der Waals surface area (Å²) in [5, 5.41) is 22.0. The van der Waals surface area contributed by atoms with Crippen LogP contribution in [-0.4, -0.2) is 37.1 Å². The van der Waals surface area contributed by atoms with Gasteiger partial charge in [0, 0.05) is 13.2 Å². The van der Waals surface area contributed by atoms with Crippen molar-refractivity contribution in [3.63, 3.8) is 0 Å². The number of rotatable bonds is 4. The Hall–Kier alpha value is -3.31. The number of carbonyl (C=O) groups is 1. The van der Waals surface area contributed by atoms with E-state index in [4.69, 9.17) is 37.8 Å². The maximum Gasteiger partial charge on any atom is 0.490 e. The number of hydrogen-bond acceptors (Lipinski definition) is 6. The molecule has 0 aliphatic carbocycles. The first-order valence-corrected chi connectivity index (χ1v) is 9.68. The fourth-order valence-electron chi connectivity index (χ4n) is 2.52. The molecule has 0 amide bonds. The molecule has 0 spiro atoms. The number of ether oxygens (including phenoxy) is 1. The molecule has 0 bridgehead atoms. The SMILES string of the molecule is Cc1nn(C)c(=O)c(-c2c(Cl)ccc(Cl)c2OCc2ccccn2)c1O.O=C(O)C(F)(F)F. The highest BCUT2D eigenvalue weighted by Gasteiger charge is 2.38. The van der Waals surface area contributed by atoms with Gasteiger partial charge >= 0.3 is 12.1 Å². The predicted molar refractivity (Wildman–Crippen MR) is 114 cm³/mol. The van der Waals surface area contributed by atoms with Gasteiger partial charge in [-0.25, -0.2) is 9.48 Å². The van der Waals surface area contributed by atoms with E-state index in [0.29, 0.717) is 5.69 Å². The van der Waals surface area contributed by atoms with Gasteiger partial charge in [0.25, 0.3) is 5.56 Å². The minimum absolute atomic E-state index is 0.0106. The molecular weight excluding hydrogens is 490 g/mol. The highest BCUT2D eigenvalue weighted by molar-refractivity contribution is 6.37. The van der Waals surface area contributed by atoms with Gasteiger partial charge in [-0.2, -0.15) is 18.3 Å². The summed E-state index contributed by atoms with van der Waals surface area (Å²) in [7, 11) is 1.49. The smallest absolute Gasteiger partial charge is 0.490 e. The standard InChI is InChI=1S/C18H15Cl2N3O3.C2HF3O2/c1-10-16(24)15(18(25)23(2)22-10)14-12(19)6-7-13(20)17(14)26-9-11-5-3-4-8-21-11;3-2(4,5)1(6)7/h3-8,24H,9H2,1-2H3;(H,6,7). The first-order chi connectivity index (χ1) is 15.3. The molecule has 0 atom stereocenters. The summed E-state index contributed by atoms with van der Waals surface area (Å²) in [4.78, 5) is 25.7. The Balaban J connectivity index is 0.000000479. The highest BCUT2D eigenvalue weighted by Crippen LogP contribution is 2.43. The Morgan fingerprint density at radius 3 is 2.30 bits per heavy atom. The van der Waals surface area contributed by atoms with Crippen molar-refractivity contribution in [1.29, 1.82) is 0 Å². The first-order valence-electron chi connectivity index (χ1n) is 8.92. The topological polar surface area (TPSA) is 115 Å². The summed E-state index contributed by atoms with van der Waals surface area (Å²) in [6.45, 7) is 1.71. The molecule has 13 heteroatoms. The van der Waals surface area contributed by atoms with Crippen molar-refractivity contribution in [1.82, 2.24) is 14.8 Å². The largest absolute Gasteiger partial charge is 0.505 e. The third-order valence-electron chi connectivity index (χ3n) is 4.03. The Labute approximate surface area is 194 Å². The van der Waals surface area contributed by atoms with Crippen LogP contribution in [0.3, 0.4) is 0 Å². The van der Waals surface area contributed by atoms with E-state index in [1.807, 2.05) is 6.07 Å². The molecule has 0 aliphatic heterocycles. The summed E-state index contributed by atoms with van der Waals surface area (Å²) >= 11 is 12.6. The molecule has 0 fully saturated rings. The number of halogens is 5. The minimum Gasteiger partial charge on any atom is -0.505 e. The monoisotopic (exact) mass is 505 g/mol. The number of carboxylic acids is 1. The molecule has 0 saturated heterocycles. The number of benzene rings is 1. The average molecular weight is 506 g/mol. The molecule has 0 aliphatic rings. The highest BCUT2D eigenvalue weighted by atomic mass is 35.5. The molecule has 0 unspecified atom stereocenters. The Bertz CT molecular complexity index is 1220. The van der Waals surface area contributed by atoms with E-state index < -0.39 is 17.7 Å². The quantitative estimate of drug-likeness (QED) is 0.540. The van der Waals surface area contributed by atoms with Gasteiger partial charge in [-0.3, -0.25) is 9.78 Å². The lowest BCUT2D eigenvalue weighted by molar-refractivity contribution is -0.192. The summed E-state index contributed by atoms with van der Waals surface area (Å²) in [6.07, 6.45) is -3.44. The number of hydrogen-bond donors (Lipinski definition) is 2. The van der Waals surface area contributed by atoms with Crippen molar-refractivity contribution >= 4 is 29.2 Å². The second-order valence-corrected chi connectivity index (χ2v) is 7.20. The number of aromatic hydroxyl groups is 1. The third-order valence-corrected chi connectivity index (χ3v) is 4.64. The number of pyridine rings is 1. The van der Waals surface area contributed by atoms with Gasteiger partial charge in [-0.1, -0.05) is 29.3 Å². The van der Waals surface area contributed by atoms with Crippen LogP contribution >= 0.6 is 23.2 Å². The normalized spacial score (nSPS) is 10.9. The minimum atomic E-state index is -5.08. The zero-order valence-corrected chi connectivity index (χ0v) is 18.5. The fourth-order valence-corrected chi connectivity index (χ4v) is 2.98. The lowest BCUT2D eigenvalue weighted by Gasteiger charge is -2.16. The van der Waals surface area contributed by atoms with Crippen LogP contribution in [0.25, 0.3) is 11.1 Å².